The highest BCUT2D eigenvalue weighted by Gasteiger charge is 2.24. The van der Waals surface area contributed by atoms with Crippen molar-refractivity contribution in [2.75, 3.05) is 13.1 Å². The predicted octanol–water partition coefficient (Wildman–Crippen LogP) is 3.80. The summed E-state index contributed by atoms with van der Waals surface area (Å²) in [5.74, 6) is 0. The first-order valence-electron chi connectivity index (χ1n) is 9.46. The van der Waals surface area contributed by atoms with Crippen molar-refractivity contribution in [3.05, 3.63) is 71.3 Å². The standard InChI is InChI=1S/C22H28N2/c1-2-6-18(7-3-1)17-24-14-12-21(13-15-24)23-22-11-10-19-8-4-5-9-20(19)16-22/h1-9,21-23H,10-17H2/t22-/m1/s1. The molecule has 2 aromatic rings. The van der Waals surface area contributed by atoms with Crippen LogP contribution in [0.1, 0.15) is 36.0 Å². The predicted molar refractivity (Wildman–Crippen MR) is 100 cm³/mol. The highest BCUT2D eigenvalue weighted by Crippen LogP contribution is 2.23. The minimum atomic E-state index is 0.672. The second-order valence-electron chi connectivity index (χ2n) is 7.41. The van der Waals surface area contributed by atoms with E-state index >= 15 is 0 Å². The lowest BCUT2D eigenvalue weighted by Crippen LogP contribution is -2.47. The molecule has 0 unspecified atom stereocenters. The summed E-state index contributed by atoms with van der Waals surface area (Å²) in [7, 11) is 0. The molecule has 0 bridgehead atoms. The van der Waals surface area contributed by atoms with Gasteiger partial charge in [-0.15, -0.1) is 0 Å². The fraction of sp³-hybridized carbons (Fsp3) is 0.455. The van der Waals surface area contributed by atoms with Crippen molar-refractivity contribution in [3.63, 3.8) is 0 Å². The Morgan fingerprint density at radius 2 is 1.50 bits per heavy atom. The van der Waals surface area contributed by atoms with Crippen molar-refractivity contribution in [1.29, 1.82) is 0 Å². The summed E-state index contributed by atoms with van der Waals surface area (Å²) in [6, 6.07) is 21.2. The van der Waals surface area contributed by atoms with Gasteiger partial charge in [-0.25, -0.2) is 0 Å². The molecule has 0 saturated carbocycles. The van der Waals surface area contributed by atoms with Crippen LogP contribution in [0.3, 0.4) is 0 Å². The first-order chi connectivity index (χ1) is 11.9. The van der Waals surface area contributed by atoms with Crippen molar-refractivity contribution < 1.29 is 0 Å². The molecule has 0 aromatic heterocycles. The maximum Gasteiger partial charge on any atom is 0.0233 e. The third kappa shape index (κ3) is 3.88. The topological polar surface area (TPSA) is 15.3 Å². The van der Waals surface area contributed by atoms with Crippen LogP contribution in [0.5, 0.6) is 0 Å². The lowest BCUT2D eigenvalue weighted by Gasteiger charge is -2.36. The van der Waals surface area contributed by atoms with Crippen LogP contribution in [0.25, 0.3) is 0 Å². The van der Waals surface area contributed by atoms with Crippen molar-refractivity contribution in [2.24, 2.45) is 0 Å². The molecule has 126 valence electrons. The van der Waals surface area contributed by atoms with Gasteiger partial charge < -0.3 is 5.32 Å². The van der Waals surface area contributed by atoms with Crippen LogP contribution in [0.15, 0.2) is 54.6 Å². The third-order valence-corrected chi connectivity index (χ3v) is 5.65. The molecule has 0 spiro atoms. The normalized spacial score (nSPS) is 22.2. The molecular formula is C22H28N2. The van der Waals surface area contributed by atoms with Crippen molar-refractivity contribution >= 4 is 0 Å². The molecule has 0 amide bonds. The Bertz CT molecular complexity index is 644. The molecule has 1 saturated heterocycles. The maximum atomic E-state index is 3.96. The summed E-state index contributed by atoms with van der Waals surface area (Å²) >= 11 is 0. The number of likely N-dealkylation sites (tertiary alicyclic amines) is 1. The minimum absolute atomic E-state index is 0.672. The smallest absolute Gasteiger partial charge is 0.0233 e. The first-order valence-corrected chi connectivity index (χ1v) is 9.46. The fourth-order valence-corrected chi connectivity index (χ4v) is 4.27. The van der Waals surface area contributed by atoms with E-state index < -0.39 is 0 Å². The molecule has 0 radical (unpaired) electrons. The fourth-order valence-electron chi connectivity index (χ4n) is 4.27. The number of hydrogen-bond donors (Lipinski definition) is 1. The molecule has 1 heterocycles. The van der Waals surface area contributed by atoms with Gasteiger partial charge in [0.2, 0.25) is 0 Å². The average Bonchev–Trinajstić information content (AvgIpc) is 2.64. The number of piperidine rings is 1. The van der Waals surface area contributed by atoms with E-state index in [0.29, 0.717) is 12.1 Å². The molecule has 2 aromatic carbocycles. The molecule has 24 heavy (non-hydrogen) atoms. The zero-order valence-electron chi connectivity index (χ0n) is 14.5. The summed E-state index contributed by atoms with van der Waals surface area (Å²) < 4.78 is 0. The highest BCUT2D eigenvalue weighted by atomic mass is 15.1. The summed E-state index contributed by atoms with van der Waals surface area (Å²) in [5, 5.41) is 3.96. The lowest BCUT2D eigenvalue weighted by atomic mass is 9.87. The molecule has 1 fully saturated rings. The quantitative estimate of drug-likeness (QED) is 0.922. The zero-order chi connectivity index (χ0) is 16.2. The van der Waals surface area contributed by atoms with Gasteiger partial charge in [-0.1, -0.05) is 54.6 Å². The molecule has 1 N–H and O–H groups in total. The van der Waals surface area contributed by atoms with Gasteiger partial charge >= 0.3 is 0 Å². The van der Waals surface area contributed by atoms with Crippen LogP contribution < -0.4 is 5.32 Å². The van der Waals surface area contributed by atoms with Crippen LogP contribution in [0.4, 0.5) is 0 Å². The summed E-state index contributed by atoms with van der Waals surface area (Å²) in [4.78, 5) is 2.60. The molecular weight excluding hydrogens is 292 g/mol. The van der Waals surface area contributed by atoms with Crippen molar-refractivity contribution in [1.82, 2.24) is 10.2 Å². The van der Waals surface area contributed by atoms with E-state index in [9.17, 15) is 0 Å². The summed E-state index contributed by atoms with van der Waals surface area (Å²) in [6.45, 7) is 3.54. The van der Waals surface area contributed by atoms with Crippen LogP contribution in [0, 0.1) is 0 Å². The van der Waals surface area contributed by atoms with Gasteiger partial charge in [0.25, 0.3) is 0 Å². The van der Waals surface area contributed by atoms with Gasteiger partial charge in [0.1, 0.15) is 0 Å². The van der Waals surface area contributed by atoms with Crippen LogP contribution in [0.2, 0.25) is 0 Å². The lowest BCUT2D eigenvalue weighted by molar-refractivity contribution is 0.181. The summed E-state index contributed by atoms with van der Waals surface area (Å²) in [6.07, 6.45) is 6.30. The van der Waals surface area contributed by atoms with Crippen molar-refractivity contribution in [3.8, 4) is 0 Å². The molecule has 4 rings (SSSR count). The van der Waals surface area contributed by atoms with Gasteiger partial charge in [0, 0.05) is 18.6 Å². The molecule has 2 nitrogen and oxygen atoms in total. The Labute approximate surface area is 145 Å². The van der Waals surface area contributed by atoms with E-state index in [-0.39, 0.29) is 0 Å². The van der Waals surface area contributed by atoms with E-state index in [1.54, 1.807) is 11.1 Å². The first kappa shape index (κ1) is 15.9. The number of rotatable bonds is 4. The number of nitrogens with one attached hydrogen (secondary N) is 1. The Morgan fingerprint density at radius 1 is 0.792 bits per heavy atom. The zero-order valence-corrected chi connectivity index (χ0v) is 14.5. The number of hydrogen-bond acceptors (Lipinski definition) is 2. The van der Waals surface area contributed by atoms with Crippen LogP contribution in [-0.4, -0.2) is 30.1 Å². The maximum absolute atomic E-state index is 3.96. The Balaban J connectivity index is 1.25. The number of benzene rings is 2. The van der Waals surface area contributed by atoms with Gasteiger partial charge in [-0.2, -0.15) is 0 Å². The van der Waals surface area contributed by atoms with Gasteiger partial charge in [-0.3, -0.25) is 4.90 Å². The van der Waals surface area contributed by atoms with Crippen LogP contribution >= 0.6 is 0 Å². The summed E-state index contributed by atoms with van der Waals surface area (Å²) in [5.41, 5.74) is 4.56. The molecule has 1 aliphatic carbocycles. The van der Waals surface area contributed by atoms with E-state index in [1.807, 2.05) is 0 Å². The average molecular weight is 320 g/mol. The van der Waals surface area contributed by atoms with E-state index in [1.165, 1.54) is 50.8 Å². The van der Waals surface area contributed by atoms with Crippen LogP contribution in [-0.2, 0) is 19.4 Å². The number of nitrogens with zero attached hydrogens (tertiary/aromatic N) is 1. The Hall–Kier alpha value is -1.64. The SMILES string of the molecule is c1ccc(CN2CCC(N[C@@H]3CCc4ccccc4C3)CC2)cc1. The largest absolute Gasteiger partial charge is 0.311 e. The second-order valence-corrected chi connectivity index (χ2v) is 7.41. The van der Waals surface area contributed by atoms with E-state index in [4.69, 9.17) is 0 Å². The molecule has 1 aliphatic heterocycles. The number of fused-ring (bicyclic) bond motifs is 1. The van der Waals surface area contributed by atoms with Gasteiger partial charge in [0.05, 0.1) is 0 Å². The molecule has 1 atom stereocenters. The van der Waals surface area contributed by atoms with Crippen molar-refractivity contribution in [2.45, 2.75) is 50.7 Å². The van der Waals surface area contributed by atoms with Gasteiger partial charge in [0.15, 0.2) is 0 Å². The van der Waals surface area contributed by atoms with E-state index in [0.717, 1.165) is 6.54 Å². The molecule has 2 aliphatic rings. The second kappa shape index (κ2) is 7.50. The monoisotopic (exact) mass is 320 g/mol. The number of aryl methyl sites for hydroxylation is 1. The Morgan fingerprint density at radius 3 is 2.29 bits per heavy atom. The van der Waals surface area contributed by atoms with E-state index in [2.05, 4.69) is 64.8 Å². The molecule has 2 heteroatoms. The minimum Gasteiger partial charge on any atom is -0.311 e. The third-order valence-electron chi connectivity index (χ3n) is 5.65. The van der Waals surface area contributed by atoms with Gasteiger partial charge in [-0.05, 0) is 61.9 Å². The Kier molecular flexibility index (Phi) is 4.96. The highest BCUT2D eigenvalue weighted by molar-refractivity contribution is 5.30.